The summed E-state index contributed by atoms with van der Waals surface area (Å²) in [5, 5.41) is 0. The van der Waals surface area contributed by atoms with E-state index in [0.29, 0.717) is 0 Å². The number of hydrogen-bond donors (Lipinski definition) is 0. The number of ether oxygens (including phenoxy) is 3. The molecule has 0 aliphatic carbocycles. The maximum absolute atomic E-state index is 11.5. The largest absolute Gasteiger partial charge is 0.462 e. The van der Waals surface area contributed by atoms with Gasteiger partial charge >= 0.3 is 17.9 Å². The average molecular weight is 258 g/mol. The van der Waals surface area contributed by atoms with E-state index in [1.54, 1.807) is 20.8 Å². The van der Waals surface area contributed by atoms with E-state index in [4.69, 9.17) is 14.2 Å². The minimum Gasteiger partial charge on any atom is -0.462 e. The fourth-order valence-corrected chi connectivity index (χ4v) is 1.41. The molecule has 1 heterocycles. The van der Waals surface area contributed by atoms with E-state index in [0.717, 1.165) is 0 Å². The summed E-state index contributed by atoms with van der Waals surface area (Å²) < 4.78 is 15.0. The topological polar surface area (TPSA) is 78.9 Å². The van der Waals surface area contributed by atoms with Gasteiger partial charge in [-0.3, -0.25) is 14.4 Å². The van der Waals surface area contributed by atoms with E-state index in [2.05, 4.69) is 0 Å². The van der Waals surface area contributed by atoms with E-state index in [1.165, 1.54) is 0 Å². The number of cyclic esters (lactones) is 2. The van der Waals surface area contributed by atoms with Crippen LogP contribution in [-0.2, 0) is 28.6 Å². The third kappa shape index (κ3) is 4.73. The first-order valence-electron chi connectivity index (χ1n) is 5.94. The van der Waals surface area contributed by atoms with Crippen molar-refractivity contribution in [3.63, 3.8) is 0 Å². The Bertz CT molecular complexity index is 335. The Morgan fingerprint density at radius 3 is 2.56 bits per heavy atom. The minimum absolute atomic E-state index is 0.0105. The first kappa shape index (κ1) is 14.5. The van der Waals surface area contributed by atoms with E-state index >= 15 is 0 Å². The molecule has 2 unspecified atom stereocenters. The summed E-state index contributed by atoms with van der Waals surface area (Å²) in [5.74, 6) is -1.70. The van der Waals surface area contributed by atoms with Gasteiger partial charge in [0.1, 0.15) is 18.8 Å². The van der Waals surface area contributed by atoms with E-state index in [1.807, 2.05) is 0 Å². The molecule has 6 heteroatoms. The number of carbonyl (C=O) groups excluding carboxylic acids is 3. The van der Waals surface area contributed by atoms with Crippen LogP contribution in [0, 0.1) is 5.92 Å². The highest BCUT2D eigenvalue weighted by Gasteiger charge is 2.26. The van der Waals surface area contributed by atoms with Gasteiger partial charge in [0.05, 0.1) is 18.8 Å². The molecule has 1 rings (SSSR count). The zero-order valence-corrected chi connectivity index (χ0v) is 10.8. The van der Waals surface area contributed by atoms with E-state index in [-0.39, 0.29) is 25.4 Å². The van der Waals surface area contributed by atoms with Crippen LogP contribution in [0.2, 0.25) is 0 Å². The van der Waals surface area contributed by atoms with Crippen LogP contribution >= 0.6 is 0 Å². The van der Waals surface area contributed by atoms with Gasteiger partial charge in [-0.1, -0.05) is 13.8 Å². The molecule has 0 aromatic carbocycles. The second-order valence-corrected chi connectivity index (χ2v) is 4.61. The Morgan fingerprint density at radius 1 is 1.28 bits per heavy atom. The summed E-state index contributed by atoms with van der Waals surface area (Å²) in [5.41, 5.74) is 0. The minimum atomic E-state index is -0.776. The van der Waals surface area contributed by atoms with Crippen LogP contribution in [-0.4, -0.2) is 36.7 Å². The first-order chi connectivity index (χ1) is 8.38. The van der Waals surface area contributed by atoms with Crippen LogP contribution in [0.3, 0.4) is 0 Å². The van der Waals surface area contributed by atoms with Crippen molar-refractivity contribution in [2.45, 2.75) is 45.8 Å². The molecule has 0 N–H and O–H groups in total. The van der Waals surface area contributed by atoms with Crippen molar-refractivity contribution in [2.24, 2.45) is 5.92 Å². The summed E-state index contributed by atoms with van der Waals surface area (Å²) in [4.78, 5) is 34.2. The van der Waals surface area contributed by atoms with Crippen LogP contribution in [0.25, 0.3) is 0 Å². The lowest BCUT2D eigenvalue weighted by molar-refractivity contribution is -0.163. The molecule has 18 heavy (non-hydrogen) atoms. The molecule has 1 fully saturated rings. The smallest absolute Gasteiger partial charge is 0.309 e. The van der Waals surface area contributed by atoms with Gasteiger partial charge in [-0.25, -0.2) is 0 Å². The molecule has 0 aromatic rings. The van der Waals surface area contributed by atoms with Gasteiger partial charge < -0.3 is 14.2 Å². The number of esters is 3. The van der Waals surface area contributed by atoms with Crippen LogP contribution in [0.1, 0.15) is 33.6 Å². The van der Waals surface area contributed by atoms with Gasteiger partial charge in [0, 0.05) is 0 Å². The normalized spacial score (nSPS) is 25.6. The lowest BCUT2D eigenvalue weighted by Gasteiger charge is -2.17. The van der Waals surface area contributed by atoms with Crippen molar-refractivity contribution in [2.75, 3.05) is 6.61 Å². The fourth-order valence-electron chi connectivity index (χ4n) is 1.41. The number of rotatable bonds is 2. The predicted octanol–water partition coefficient (Wildman–Crippen LogP) is 0.823. The standard InChI is InChI=1S/C12H18O6/c1-7(2)12(15)18-9-5-11(14)17-8(3)4-10(13)16-6-9/h7-9H,4-6H2,1-3H3. The molecule has 102 valence electrons. The van der Waals surface area contributed by atoms with Crippen LogP contribution in [0.4, 0.5) is 0 Å². The molecular weight excluding hydrogens is 240 g/mol. The fraction of sp³-hybridized carbons (Fsp3) is 0.750. The van der Waals surface area contributed by atoms with Crippen molar-refractivity contribution in [3.8, 4) is 0 Å². The third-order valence-corrected chi connectivity index (χ3v) is 2.37. The van der Waals surface area contributed by atoms with Gasteiger partial charge in [-0.15, -0.1) is 0 Å². The van der Waals surface area contributed by atoms with Crippen molar-refractivity contribution < 1.29 is 28.6 Å². The van der Waals surface area contributed by atoms with Crippen molar-refractivity contribution in [1.29, 1.82) is 0 Å². The molecule has 2 atom stereocenters. The second-order valence-electron chi connectivity index (χ2n) is 4.61. The average Bonchev–Trinajstić information content (AvgIpc) is 2.29. The summed E-state index contributed by atoms with van der Waals surface area (Å²) in [6.45, 7) is 4.87. The highest BCUT2D eigenvalue weighted by atomic mass is 16.6. The molecule has 1 aliphatic rings. The Labute approximate surface area is 106 Å². The molecular formula is C12H18O6. The van der Waals surface area contributed by atoms with Crippen molar-refractivity contribution in [3.05, 3.63) is 0 Å². The van der Waals surface area contributed by atoms with Gasteiger partial charge in [0.15, 0.2) is 0 Å². The monoisotopic (exact) mass is 258 g/mol. The number of hydrogen-bond acceptors (Lipinski definition) is 6. The zero-order chi connectivity index (χ0) is 13.7. The van der Waals surface area contributed by atoms with Gasteiger partial charge in [-0.05, 0) is 6.92 Å². The highest BCUT2D eigenvalue weighted by molar-refractivity contribution is 5.75. The van der Waals surface area contributed by atoms with Gasteiger partial charge in [-0.2, -0.15) is 0 Å². The lowest BCUT2D eigenvalue weighted by atomic mass is 10.2. The summed E-state index contributed by atoms with van der Waals surface area (Å²) in [6.07, 6.45) is -1.39. The Hall–Kier alpha value is -1.59. The molecule has 0 amide bonds. The summed E-state index contributed by atoms with van der Waals surface area (Å²) >= 11 is 0. The molecule has 6 nitrogen and oxygen atoms in total. The predicted molar refractivity (Wildman–Crippen MR) is 60.5 cm³/mol. The first-order valence-corrected chi connectivity index (χ1v) is 5.94. The van der Waals surface area contributed by atoms with E-state index < -0.39 is 30.1 Å². The van der Waals surface area contributed by atoms with Crippen molar-refractivity contribution in [1.82, 2.24) is 0 Å². The molecule has 1 aliphatic heterocycles. The number of carbonyl (C=O) groups is 3. The maximum Gasteiger partial charge on any atom is 0.309 e. The van der Waals surface area contributed by atoms with Crippen LogP contribution in [0.5, 0.6) is 0 Å². The molecule has 0 spiro atoms. The molecule has 0 radical (unpaired) electrons. The molecule has 0 saturated carbocycles. The van der Waals surface area contributed by atoms with Crippen LogP contribution < -0.4 is 0 Å². The molecule has 0 bridgehead atoms. The summed E-state index contributed by atoms with van der Waals surface area (Å²) in [7, 11) is 0. The zero-order valence-electron chi connectivity index (χ0n) is 10.8. The maximum atomic E-state index is 11.5. The van der Waals surface area contributed by atoms with Crippen molar-refractivity contribution >= 4 is 17.9 Å². The summed E-state index contributed by atoms with van der Waals surface area (Å²) in [6, 6.07) is 0. The van der Waals surface area contributed by atoms with Crippen LogP contribution in [0.15, 0.2) is 0 Å². The SMILES string of the molecule is CC1CC(=O)OCC(OC(=O)C(C)C)CC(=O)O1. The lowest BCUT2D eigenvalue weighted by Crippen LogP contribution is -2.29. The quantitative estimate of drug-likeness (QED) is 0.539. The van der Waals surface area contributed by atoms with Gasteiger partial charge in [0.2, 0.25) is 0 Å². The second kappa shape index (κ2) is 6.37. The van der Waals surface area contributed by atoms with E-state index in [9.17, 15) is 14.4 Å². The Kier molecular flexibility index (Phi) is 5.12. The third-order valence-electron chi connectivity index (χ3n) is 2.37. The highest BCUT2D eigenvalue weighted by Crippen LogP contribution is 2.12. The Balaban J connectivity index is 2.64. The Morgan fingerprint density at radius 2 is 1.94 bits per heavy atom. The molecule has 0 aromatic heterocycles. The molecule has 1 saturated heterocycles. The van der Waals surface area contributed by atoms with Gasteiger partial charge in [0.25, 0.3) is 0 Å².